The van der Waals surface area contributed by atoms with Crippen LogP contribution in [0.25, 0.3) is 0 Å². The summed E-state index contributed by atoms with van der Waals surface area (Å²) in [6.07, 6.45) is -3.14. The largest absolute Gasteiger partial charge is 0.502 e. The quantitative estimate of drug-likeness (QED) is 0.772. The zero-order chi connectivity index (χ0) is 14.7. The van der Waals surface area contributed by atoms with Crippen molar-refractivity contribution in [2.75, 3.05) is 12.9 Å². The molecule has 0 unspecified atom stereocenters. The molecule has 0 heterocycles. The van der Waals surface area contributed by atoms with Crippen molar-refractivity contribution in [1.29, 1.82) is 0 Å². The lowest BCUT2D eigenvalue weighted by molar-refractivity contribution is -0.216. The maximum atomic E-state index is 13.2. The van der Waals surface area contributed by atoms with Gasteiger partial charge in [-0.3, -0.25) is 0 Å². The van der Waals surface area contributed by atoms with Crippen LogP contribution in [0.1, 0.15) is 6.92 Å². The van der Waals surface area contributed by atoms with E-state index in [0.717, 1.165) is 30.5 Å². The van der Waals surface area contributed by atoms with E-state index in [4.69, 9.17) is 0 Å². The Morgan fingerprint density at radius 1 is 1.26 bits per heavy atom. The van der Waals surface area contributed by atoms with Crippen molar-refractivity contribution >= 4 is 15.8 Å². The van der Waals surface area contributed by atoms with Crippen LogP contribution in [0.5, 0.6) is 5.75 Å². The number of halogens is 2. The zero-order valence-electron chi connectivity index (χ0n) is 10.2. The molecule has 0 saturated heterocycles. The average Bonchev–Trinajstić information content (AvgIpc) is 2.28. The minimum Gasteiger partial charge on any atom is -0.459 e. The molecule has 0 atom stereocenters. The number of esters is 1. The number of alkyl halides is 2. The molecule has 1 aromatic rings. The fourth-order valence-corrected chi connectivity index (χ4v) is 1.79. The van der Waals surface area contributed by atoms with E-state index in [9.17, 15) is 22.0 Å². The van der Waals surface area contributed by atoms with Crippen molar-refractivity contribution in [2.45, 2.75) is 17.9 Å². The smallest absolute Gasteiger partial charge is 0.459 e. The number of ether oxygens (including phenoxy) is 2. The Balaban J connectivity index is 2.86. The fraction of sp³-hybridized carbons (Fsp3) is 0.364. The second kappa shape index (κ2) is 5.52. The zero-order valence-corrected chi connectivity index (χ0v) is 11.0. The Morgan fingerprint density at radius 3 is 2.21 bits per heavy atom. The van der Waals surface area contributed by atoms with Gasteiger partial charge in [-0.05, 0) is 31.2 Å². The topological polar surface area (TPSA) is 69.7 Å². The van der Waals surface area contributed by atoms with E-state index in [1.165, 1.54) is 6.92 Å². The number of carbonyl (C=O) groups excluding carboxylic acids is 1. The number of carbonyl (C=O) groups is 1. The van der Waals surface area contributed by atoms with Crippen LogP contribution in [0.15, 0.2) is 29.2 Å². The monoisotopic (exact) mass is 294 g/mol. The van der Waals surface area contributed by atoms with E-state index in [1.54, 1.807) is 0 Å². The number of sulfone groups is 1. The van der Waals surface area contributed by atoms with Crippen molar-refractivity contribution < 1.29 is 31.5 Å². The van der Waals surface area contributed by atoms with E-state index in [-0.39, 0.29) is 17.3 Å². The summed E-state index contributed by atoms with van der Waals surface area (Å²) in [4.78, 5) is 10.9. The lowest BCUT2D eigenvalue weighted by Gasteiger charge is -2.15. The van der Waals surface area contributed by atoms with Gasteiger partial charge in [-0.2, -0.15) is 8.78 Å². The maximum Gasteiger partial charge on any atom is 0.502 e. The highest BCUT2D eigenvalue weighted by Gasteiger charge is 2.44. The molecule has 5 nitrogen and oxygen atoms in total. The van der Waals surface area contributed by atoms with Gasteiger partial charge in [0.25, 0.3) is 0 Å². The van der Waals surface area contributed by atoms with Gasteiger partial charge in [0.2, 0.25) is 0 Å². The van der Waals surface area contributed by atoms with E-state index in [1.807, 2.05) is 0 Å². The van der Waals surface area contributed by atoms with E-state index in [0.29, 0.717) is 0 Å². The van der Waals surface area contributed by atoms with Crippen LogP contribution in [0.4, 0.5) is 8.78 Å². The van der Waals surface area contributed by atoms with Gasteiger partial charge >= 0.3 is 12.1 Å². The predicted octanol–water partition coefficient (Wildman–Crippen LogP) is 1.62. The molecule has 0 aliphatic heterocycles. The Kier molecular flexibility index (Phi) is 4.46. The van der Waals surface area contributed by atoms with Crippen LogP contribution < -0.4 is 4.74 Å². The lowest BCUT2D eigenvalue weighted by atomic mass is 10.3. The third kappa shape index (κ3) is 4.16. The Labute approximate surface area is 109 Å². The summed E-state index contributed by atoms with van der Waals surface area (Å²) < 4.78 is 57.1. The molecular formula is C11H12F2O5S. The van der Waals surface area contributed by atoms with Gasteiger partial charge in [0.05, 0.1) is 11.5 Å². The van der Waals surface area contributed by atoms with Gasteiger partial charge in [-0.25, -0.2) is 13.2 Å². The van der Waals surface area contributed by atoms with Crippen LogP contribution in [-0.4, -0.2) is 33.4 Å². The summed E-state index contributed by atoms with van der Waals surface area (Å²) >= 11 is 0. The van der Waals surface area contributed by atoms with Crippen molar-refractivity contribution in [3.05, 3.63) is 24.3 Å². The lowest BCUT2D eigenvalue weighted by Crippen LogP contribution is -2.36. The highest BCUT2D eigenvalue weighted by molar-refractivity contribution is 7.90. The minimum atomic E-state index is -4.12. The van der Waals surface area contributed by atoms with Gasteiger partial charge in [-0.1, -0.05) is 0 Å². The molecule has 0 fully saturated rings. The molecule has 106 valence electrons. The summed E-state index contributed by atoms with van der Waals surface area (Å²) in [6, 6.07) is 4.27. The van der Waals surface area contributed by atoms with Crippen molar-refractivity contribution in [1.82, 2.24) is 0 Å². The summed E-state index contributed by atoms with van der Waals surface area (Å²) in [7, 11) is -3.42. The normalized spacial score (nSPS) is 12.0. The molecule has 0 spiro atoms. The van der Waals surface area contributed by atoms with Crippen molar-refractivity contribution in [3.63, 3.8) is 0 Å². The summed E-state index contributed by atoms with van der Waals surface area (Å²) in [6.45, 7) is 1.18. The number of benzene rings is 1. The first kappa shape index (κ1) is 15.4. The summed E-state index contributed by atoms with van der Waals surface area (Å²) in [5, 5.41) is 0. The van der Waals surface area contributed by atoms with Crippen LogP contribution in [0.2, 0.25) is 0 Å². The van der Waals surface area contributed by atoms with E-state index in [2.05, 4.69) is 9.47 Å². The van der Waals surface area contributed by atoms with Crippen LogP contribution in [0, 0.1) is 0 Å². The maximum absolute atomic E-state index is 13.2. The molecule has 8 heteroatoms. The van der Waals surface area contributed by atoms with Crippen molar-refractivity contribution in [2.24, 2.45) is 0 Å². The Morgan fingerprint density at radius 2 is 1.79 bits per heavy atom. The average molecular weight is 294 g/mol. The van der Waals surface area contributed by atoms with Gasteiger partial charge in [0, 0.05) is 6.26 Å². The van der Waals surface area contributed by atoms with Gasteiger partial charge < -0.3 is 9.47 Å². The van der Waals surface area contributed by atoms with Gasteiger partial charge in [0.1, 0.15) is 5.75 Å². The first-order valence-corrected chi connectivity index (χ1v) is 7.10. The van der Waals surface area contributed by atoms with Crippen LogP contribution in [0.3, 0.4) is 0 Å². The molecule has 0 aliphatic carbocycles. The molecule has 1 rings (SSSR count). The third-order valence-corrected chi connectivity index (χ3v) is 3.14. The Hall–Kier alpha value is -1.70. The molecule has 1 aromatic carbocycles. The first-order chi connectivity index (χ1) is 8.66. The van der Waals surface area contributed by atoms with Crippen molar-refractivity contribution in [3.8, 4) is 5.75 Å². The molecular weight excluding hydrogens is 282 g/mol. The molecule has 0 radical (unpaired) electrons. The van der Waals surface area contributed by atoms with Crippen LogP contribution in [-0.2, 0) is 19.4 Å². The van der Waals surface area contributed by atoms with Gasteiger partial charge in [0.15, 0.2) is 9.84 Å². The van der Waals surface area contributed by atoms with Crippen LogP contribution >= 0.6 is 0 Å². The third-order valence-electron chi connectivity index (χ3n) is 2.01. The molecule has 0 amide bonds. The van der Waals surface area contributed by atoms with E-state index >= 15 is 0 Å². The highest BCUT2D eigenvalue weighted by Crippen LogP contribution is 2.24. The summed E-state index contributed by atoms with van der Waals surface area (Å²) in [5.41, 5.74) is 0. The molecule has 0 N–H and O–H groups in total. The van der Waals surface area contributed by atoms with E-state index < -0.39 is 21.9 Å². The SMILES string of the molecule is CCOC(=O)C(F)(F)Oc1ccc(S(C)(=O)=O)cc1. The minimum absolute atomic E-state index is 0.0423. The second-order valence-electron chi connectivity index (χ2n) is 3.58. The standard InChI is InChI=1S/C11H12F2O5S/c1-3-17-10(14)11(12,13)18-8-4-6-9(7-5-8)19(2,15)16/h4-7H,3H2,1-2H3. The fourth-order valence-electron chi connectivity index (χ4n) is 1.16. The summed E-state index contributed by atoms with van der Waals surface area (Å²) in [5.74, 6) is -2.15. The molecule has 0 aromatic heterocycles. The number of hydrogen-bond acceptors (Lipinski definition) is 5. The molecule has 19 heavy (non-hydrogen) atoms. The molecule has 0 aliphatic rings. The first-order valence-electron chi connectivity index (χ1n) is 5.21. The molecule has 0 bridgehead atoms. The highest BCUT2D eigenvalue weighted by atomic mass is 32.2. The van der Waals surface area contributed by atoms with Gasteiger partial charge in [-0.15, -0.1) is 0 Å². The number of hydrogen-bond donors (Lipinski definition) is 0. The Bertz CT molecular complexity index is 551. The predicted molar refractivity (Wildman–Crippen MR) is 61.8 cm³/mol. The molecule has 0 saturated carbocycles. The second-order valence-corrected chi connectivity index (χ2v) is 5.60. The number of rotatable bonds is 5.